The van der Waals surface area contributed by atoms with Gasteiger partial charge >= 0.3 is 0 Å². The molecule has 0 aromatic heterocycles. The second-order valence-corrected chi connectivity index (χ2v) is 7.08. The van der Waals surface area contributed by atoms with Gasteiger partial charge < -0.3 is 15.2 Å². The van der Waals surface area contributed by atoms with Gasteiger partial charge in [0.25, 0.3) is 0 Å². The Balaban J connectivity index is 2.62. The monoisotopic (exact) mass is 317 g/mol. The van der Waals surface area contributed by atoms with Crippen LogP contribution < -0.4 is 15.2 Å². The van der Waals surface area contributed by atoms with E-state index in [0.29, 0.717) is 30.1 Å². The molecule has 0 aliphatic carbocycles. The Morgan fingerprint density at radius 1 is 1.35 bits per heavy atom. The highest BCUT2D eigenvalue weighted by Gasteiger charge is 2.09. The van der Waals surface area contributed by atoms with Crippen LogP contribution >= 0.6 is 12.2 Å². The molecule has 1 rings (SSSR count). The number of nitrogens with two attached hydrogens (primary N) is 1. The summed E-state index contributed by atoms with van der Waals surface area (Å²) in [5, 5.41) is 0. The van der Waals surface area contributed by atoms with Crippen LogP contribution in [0.3, 0.4) is 0 Å². The third-order valence-corrected chi connectivity index (χ3v) is 4.77. The van der Waals surface area contributed by atoms with E-state index < -0.39 is 9.84 Å². The summed E-state index contributed by atoms with van der Waals surface area (Å²) in [4.78, 5) is 0.281. The average Bonchev–Trinajstić information content (AvgIpc) is 2.43. The SMILES string of the molecule is CCS(=O)(=O)CCCOc1ccc(C(N)=S)cc1OC. The minimum Gasteiger partial charge on any atom is -0.493 e. The lowest BCUT2D eigenvalue weighted by Gasteiger charge is -2.11. The topological polar surface area (TPSA) is 78.6 Å². The molecule has 0 aliphatic rings. The first-order valence-corrected chi connectivity index (χ1v) is 8.43. The maximum Gasteiger partial charge on any atom is 0.161 e. The van der Waals surface area contributed by atoms with Crippen molar-refractivity contribution in [3.63, 3.8) is 0 Å². The van der Waals surface area contributed by atoms with Gasteiger partial charge in [0.05, 0.1) is 19.5 Å². The molecule has 0 spiro atoms. The van der Waals surface area contributed by atoms with Crippen molar-refractivity contribution in [3.8, 4) is 11.5 Å². The number of hydrogen-bond acceptors (Lipinski definition) is 5. The van der Waals surface area contributed by atoms with Crippen LogP contribution in [0, 0.1) is 0 Å². The van der Waals surface area contributed by atoms with Crippen molar-refractivity contribution in [2.75, 3.05) is 25.2 Å². The summed E-state index contributed by atoms with van der Waals surface area (Å²) in [5.41, 5.74) is 6.23. The molecular weight excluding hydrogens is 298 g/mol. The average molecular weight is 317 g/mol. The fraction of sp³-hybridized carbons (Fsp3) is 0.462. The van der Waals surface area contributed by atoms with Crippen LogP contribution in [0.25, 0.3) is 0 Å². The van der Waals surface area contributed by atoms with Gasteiger partial charge in [-0.1, -0.05) is 19.1 Å². The Kier molecular flexibility index (Phi) is 6.22. The summed E-state index contributed by atoms with van der Waals surface area (Å²) in [7, 11) is -1.43. The molecule has 1 aromatic carbocycles. The van der Waals surface area contributed by atoms with E-state index in [2.05, 4.69) is 0 Å². The van der Waals surface area contributed by atoms with Crippen LogP contribution in [0.2, 0.25) is 0 Å². The third kappa shape index (κ3) is 4.97. The molecule has 0 bridgehead atoms. The molecule has 0 heterocycles. The summed E-state index contributed by atoms with van der Waals surface area (Å²) < 4.78 is 33.4. The Bertz CT molecular complexity index is 570. The molecule has 0 amide bonds. The molecule has 7 heteroatoms. The van der Waals surface area contributed by atoms with Crippen molar-refractivity contribution < 1.29 is 17.9 Å². The lowest BCUT2D eigenvalue weighted by Crippen LogP contribution is -2.12. The van der Waals surface area contributed by atoms with E-state index in [1.54, 1.807) is 25.1 Å². The van der Waals surface area contributed by atoms with Gasteiger partial charge in [-0.05, 0) is 24.6 Å². The van der Waals surface area contributed by atoms with Gasteiger partial charge in [-0.2, -0.15) is 0 Å². The Morgan fingerprint density at radius 3 is 2.60 bits per heavy atom. The highest BCUT2D eigenvalue weighted by Crippen LogP contribution is 2.28. The predicted octanol–water partition coefficient (Wildman–Crippen LogP) is 1.53. The summed E-state index contributed by atoms with van der Waals surface area (Å²) in [5.74, 6) is 1.34. The number of benzene rings is 1. The molecule has 0 unspecified atom stereocenters. The van der Waals surface area contributed by atoms with Gasteiger partial charge in [0.2, 0.25) is 0 Å². The minimum atomic E-state index is -2.95. The zero-order valence-corrected chi connectivity index (χ0v) is 13.2. The van der Waals surface area contributed by atoms with Crippen LogP contribution in [-0.2, 0) is 9.84 Å². The van der Waals surface area contributed by atoms with E-state index in [1.807, 2.05) is 0 Å². The van der Waals surface area contributed by atoms with Crippen molar-refractivity contribution in [1.29, 1.82) is 0 Å². The maximum absolute atomic E-state index is 11.3. The number of thiocarbonyl (C=S) groups is 1. The van der Waals surface area contributed by atoms with E-state index in [-0.39, 0.29) is 16.5 Å². The second kappa shape index (κ2) is 7.44. The van der Waals surface area contributed by atoms with Crippen LogP contribution in [0.1, 0.15) is 18.9 Å². The second-order valence-electron chi connectivity index (χ2n) is 4.17. The Labute approximate surface area is 125 Å². The molecule has 5 nitrogen and oxygen atoms in total. The van der Waals surface area contributed by atoms with Crippen molar-refractivity contribution in [2.24, 2.45) is 5.73 Å². The van der Waals surface area contributed by atoms with Gasteiger partial charge in [0.1, 0.15) is 14.8 Å². The fourth-order valence-electron chi connectivity index (χ4n) is 1.55. The molecule has 20 heavy (non-hydrogen) atoms. The molecule has 0 saturated carbocycles. The molecule has 112 valence electrons. The molecule has 0 radical (unpaired) electrons. The Hall–Kier alpha value is -1.34. The van der Waals surface area contributed by atoms with Gasteiger partial charge in [-0.15, -0.1) is 0 Å². The zero-order valence-electron chi connectivity index (χ0n) is 11.6. The highest BCUT2D eigenvalue weighted by atomic mass is 32.2. The van der Waals surface area contributed by atoms with E-state index in [1.165, 1.54) is 7.11 Å². The van der Waals surface area contributed by atoms with Crippen molar-refractivity contribution in [2.45, 2.75) is 13.3 Å². The summed E-state index contributed by atoms with van der Waals surface area (Å²) in [6.45, 7) is 1.94. The number of sulfone groups is 1. The van der Waals surface area contributed by atoms with Crippen molar-refractivity contribution in [1.82, 2.24) is 0 Å². The molecule has 0 saturated heterocycles. The lowest BCUT2D eigenvalue weighted by atomic mass is 10.2. The smallest absolute Gasteiger partial charge is 0.161 e. The first kappa shape index (κ1) is 16.7. The standard InChI is InChI=1S/C13H19NO4S2/c1-3-20(15,16)8-4-7-18-11-6-5-10(13(14)19)9-12(11)17-2/h5-6,9H,3-4,7-8H2,1-2H3,(H2,14,19). The first-order valence-electron chi connectivity index (χ1n) is 6.20. The zero-order chi connectivity index (χ0) is 15.2. The van der Waals surface area contributed by atoms with Gasteiger partial charge in [-0.3, -0.25) is 0 Å². The predicted molar refractivity (Wildman–Crippen MR) is 83.3 cm³/mol. The quantitative estimate of drug-likeness (QED) is 0.579. The lowest BCUT2D eigenvalue weighted by molar-refractivity contribution is 0.294. The maximum atomic E-state index is 11.3. The van der Waals surface area contributed by atoms with E-state index in [4.69, 9.17) is 27.4 Å². The summed E-state index contributed by atoms with van der Waals surface area (Å²) >= 11 is 4.89. The van der Waals surface area contributed by atoms with Crippen LogP contribution in [0.15, 0.2) is 18.2 Å². The van der Waals surface area contributed by atoms with E-state index in [0.717, 1.165) is 0 Å². The third-order valence-electron chi connectivity index (χ3n) is 2.75. The molecular formula is C13H19NO4S2. The van der Waals surface area contributed by atoms with Gasteiger partial charge in [0, 0.05) is 11.3 Å². The van der Waals surface area contributed by atoms with Gasteiger partial charge in [-0.25, -0.2) is 8.42 Å². The fourth-order valence-corrected chi connectivity index (χ4v) is 2.52. The van der Waals surface area contributed by atoms with Crippen LogP contribution in [0.4, 0.5) is 0 Å². The number of hydrogen-bond donors (Lipinski definition) is 1. The molecule has 2 N–H and O–H groups in total. The minimum absolute atomic E-state index is 0.122. The van der Waals surface area contributed by atoms with Gasteiger partial charge in [0.15, 0.2) is 11.5 Å². The number of rotatable bonds is 8. The normalized spacial score (nSPS) is 11.1. The van der Waals surface area contributed by atoms with Crippen molar-refractivity contribution in [3.05, 3.63) is 23.8 Å². The molecule has 0 atom stereocenters. The van der Waals surface area contributed by atoms with E-state index >= 15 is 0 Å². The first-order chi connectivity index (χ1) is 9.39. The number of methoxy groups -OCH3 is 1. The van der Waals surface area contributed by atoms with Crippen LogP contribution in [-0.4, -0.2) is 38.6 Å². The Morgan fingerprint density at radius 2 is 2.05 bits per heavy atom. The summed E-state index contributed by atoms with van der Waals surface area (Å²) in [6, 6.07) is 5.14. The molecule has 0 fully saturated rings. The largest absolute Gasteiger partial charge is 0.493 e. The summed E-state index contributed by atoms with van der Waals surface area (Å²) in [6.07, 6.45) is 0.441. The van der Waals surface area contributed by atoms with Crippen LogP contribution in [0.5, 0.6) is 11.5 Å². The highest BCUT2D eigenvalue weighted by molar-refractivity contribution is 7.91. The molecule has 1 aromatic rings. The van der Waals surface area contributed by atoms with E-state index in [9.17, 15) is 8.42 Å². The number of ether oxygens (including phenoxy) is 2. The molecule has 0 aliphatic heterocycles. The van der Waals surface area contributed by atoms with Crippen molar-refractivity contribution >= 4 is 27.0 Å².